The van der Waals surface area contributed by atoms with E-state index in [0.717, 1.165) is 11.8 Å². The molecule has 446 valence electrons. The van der Waals surface area contributed by atoms with Crippen LogP contribution in [0.4, 0.5) is 21.9 Å². The van der Waals surface area contributed by atoms with Crippen molar-refractivity contribution in [1.82, 2.24) is 19.6 Å². The number of nitro benzene ring substituents is 1. The second-order valence-corrected chi connectivity index (χ2v) is 25.3. The van der Waals surface area contributed by atoms with Gasteiger partial charge in [-0.15, -0.1) is 23.5 Å². The van der Waals surface area contributed by atoms with Crippen LogP contribution in [0.25, 0.3) is 0 Å². The van der Waals surface area contributed by atoms with Crippen molar-refractivity contribution in [3.8, 4) is 0 Å². The number of nitrogens with one attached hydrogen (secondary N) is 2. The number of esters is 3. The maximum atomic E-state index is 15.9. The zero-order valence-corrected chi connectivity index (χ0v) is 49.1. The van der Waals surface area contributed by atoms with Crippen LogP contribution >= 0.6 is 23.5 Å². The number of amides is 6. The zero-order valence-electron chi connectivity index (χ0n) is 47.5. The summed E-state index contributed by atoms with van der Waals surface area (Å²) in [5.41, 5.74) is -0.129. The van der Waals surface area contributed by atoms with E-state index >= 15 is 4.79 Å². The molecule has 9 rings (SSSR count). The molecule has 0 aliphatic carbocycles. The molecular formula is C58H65N7O17S2. The molecule has 12 atom stereocenters. The number of rotatable bonds is 17. The SMILES string of the molecule is COC(=O)c1cccc(NC(=O)[C@H]2C[C@H](SC3=C(C(=O)OCc4ccc([N+](=O)[O-])cc4)N4C(=O)[C@@H]([C@H](C)O)[C@H]4[C@H]3C)CN2C(=O)C2=C(S[C@H]3C[C@@H](C(=O)Nc4cccc(C(=O)OC)c4)N(C(=O)OC(C)(C)C)C3)[C@H](C)[C@@H]3[C@@H]([C@@H](C)O)C(=O)N23)c1. The van der Waals surface area contributed by atoms with Crippen molar-refractivity contribution >= 4 is 94.1 Å². The molecule has 0 radical (unpaired) electrons. The molecule has 0 unspecified atom stereocenters. The third kappa shape index (κ3) is 11.7. The maximum Gasteiger partial charge on any atom is 0.411 e. The summed E-state index contributed by atoms with van der Waals surface area (Å²) in [7, 11) is 2.43. The van der Waals surface area contributed by atoms with Crippen molar-refractivity contribution in [1.29, 1.82) is 0 Å². The molecule has 6 aliphatic rings. The first kappa shape index (κ1) is 60.8. The lowest BCUT2D eigenvalue weighted by Gasteiger charge is -2.47. The number of nitro groups is 1. The van der Waals surface area contributed by atoms with Gasteiger partial charge >= 0.3 is 24.0 Å². The van der Waals surface area contributed by atoms with Gasteiger partial charge in [0.05, 0.1) is 66.4 Å². The molecule has 0 spiro atoms. The molecule has 6 aliphatic heterocycles. The van der Waals surface area contributed by atoms with E-state index in [1.54, 1.807) is 45.9 Å². The van der Waals surface area contributed by atoms with Crippen LogP contribution in [0.5, 0.6) is 0 Å². The van der Waals surface area contributed by atoms with Gasteiger partial charge in [-0.1, -0.05) is 26.0 Å². The van der Waals surface area contributed by atoms with E-state index in [9.17, 15) is 58.7 Å². The van der Waals surface area contributed by atoms with E-state index in [2.05, 4.69) is 10.6 Å². The van der Waals surface area contributed by atoms with Gasteiger partial charge in [-0.05, 0) is 102 Å². The highest BCUT2D eigenvalue weighted by Crippen LogP contribution is 2.55. The number of carbonyl (C=O) groups excluding carboxylic acids is 9. The molecule has 6 heterocycles. The summed E-state index contributed by atoms with van der Waals surface area (Å²) in [5, 5.41) is 37.5. The average molecular weight is 1200 g/mol. The van der Waals surface area contributed by atoms with E-state index < -0.39 is 135 Å². The summed E-state index contributed by atoms with van der Waals surface area (Å²) in [6.45, 7) is 11.1. The fraction of sp³-hybridized carbons (Fsp3) is 0.466. The highest BCUT2D eigenvalue weighted by Gasteiger charge is 2.63. The van der Waals surface area contributed by atoms with Crippen molar-refractivity contribution in [3.05, 3.63) is 121 Å². The first-order valence-corrected chi connectivity index (χ1v) is 29.0. The number of fused-ring (bicyclic) bond motifs is 2. The Balaban J connectivity index is 1.07. The molecule has 4 fully saturated rings. The fourth-order valence-corrected chi connectivity index (χ4v) is 15.0. The monoisotopic (exact) mass is 1200 g/mol. The Morgan fingerprint density at radius 1 is 0.690 bits per heavy atom. The molecular weight excluding hydrogens is 1130 g/mol. The van der Waals surface area contributed by atoms with Gasteiger partial charge in [-0.25, -0.2) is 19.2 Å². The molecule has 84 heavy (non-hydrogen) atoms. The van der Waals surface area contributed by atoms with Crippen LogP contribution in [0.3, 0.4) is 0 Å². The number of non-ortho nitro benzene ring substituents is 1. The van der Waals surface area contributed by atoms with Crippen LogP contribution in [0.2, 0.25) is 0 Å². The van der Waals surface area contributed by atoms with Crippen molar-refractivity contribution in [2.24, 2.45) is 23.7 Å². The van der Waals surface area contributed by atoms with E-state index in [4.69, 9.17) is 18.9 Å². The van der Waals surface area contributed by atoms with Crippen LogP contribution < -0.4 is 10.6 Å². The number of ether oxygens (including phenoxy) is 4. The van der Waals surface area contributed by atoms with Gasteiger partial charge in [-0.2, -0.15) is 0 Å². The summed E-state index contributed by atoms with van der Waals surface area (Å²) in [6, 6.07) is 13.6. The number of carbonyl (C=O) groups is 9. The number of hydrogen-bond acceptors (Lipinski definition) is 19. The Bertz CT molecular complexity index is 3290. The lowest BCUT2D eigenvalue weighted by Crippen LogP contribution is -2.64. The first-order valence-electron chi connectivity index (χ1n) is 27.3. The van der Waals surface area contributed by atoms with Gasteiger partial charge < -0.3 is 54.5 Å². The van der Waals surface area contributed by atoms with Crippen molar-refractivity contribution < 1.29 is 77.2 Å². The number of thioether (sulfide) groups is 2. The molecule has 0 bridgehead atoms. The minimum atomic E-state index is -1.28. The van der Waals surface area contributed by atoms with Crippen LogP contribution in [0.15, 0.2) is 94.0 Å². The van der Waals surface area contributed by atoms with Gasteiger partial charge in [0.25, 0.3) is 11.6 Å². The Morgan fingerprint density at radius 3 is 1.60 bits per heavy atom. The highest BCUT2D eigenvalue weighted by molar-refractivity contribution is 8.04. The van der Waals surface area contributed by atoms with Crippen LogP contribution in [-0.2, 0) is 54.3 Å². The Labute approximate surface area is 491 Å². The van der Waals surface area contributed by atoms with E-state index in [1.165, 1.54) is 114 Å². The van der Waals surface area contributed by atoms with Crippen LogP contribution in [0, 0.1) is 33.8 Å². The van der Waals surface area contributed by atoms with Crippen LogP contribution in [0.1, 0.15) is 87.6 Å². The number of benzene rings is 3. The van der Waals surface area contributed by atoms with Crippen LogP contribution in [-0.4, -0.2) is 168 Å². The minimum absolute atomic E-state index is 0.0308. The lowest BCUT2D eigenvalue weighted by molar-refractivity contribution is -0.384. The lowest BCUT2D eigenvalue weighted by atomic mass is 9.79. The largest absolute Gasteiger partial charge is 0.465 e. The Kier molecular flexibility index (Phi) is 17.4. The quantitative estimate of drug-likeness (QED) is 0.0430. The molecule has 3 aromatic carbocycles. The topological polar surface area (TPSA) is 311 Å². The summed E-state index contributed by atoms with van der Waals surface area (Å²) in [5.74, 6) is -8.21. The predicted octanol–water partition coefficient (Wildman–Crippen LogP) is 5.44. The third-order valence-electron chi connectivity index (χ3n) is 15.8. The van der Waals surface area contributed by atoms with Gasteiger partial charge in [0, 0.05) is 68.7 Å². The van der Waals surface area contributed by atoms with Gasteiger partial charge in [0.15, 0.2) is 0 Å². The number of aliphatic hydroxyl groups excluding tert-OH is 2. The zero-order chi connectivity index (χ0) is 61.0. The molecule has 6 amide bonds. The molecule has 26 heteroatoms. The number of likely N-dealkylation sites (tertiary alicyclic amines) is 2. The number of hydrogen-bond donors (Lipinski definition) is 4. The predicted molar refractivity (Wildman–Crippen MR) is 304 cm³/mol. The van der Waals surface area contributed by atoms with E-state index in [-0.39, 0.29) is 72.1 Å². The smallest absolute Gasteiger partial charge is 0.411 e. The molecule has 0 saturated carbocycles. The second-order valence-electron chi connectivity index (χ2n) is 22.6. The standard InChI is InChI=1S/C58H65N7O17S2/c1-27-43-41(29(3)66)51(70)63(43)45(47(27)83-38-23-40(62(25-38)57(76)82-58(5,6)7)50(69)60-35-15-11-13-33(21-35)55(74)80-9)53(72)61-24-37(22-39(61)49(68)59-34-14-10-12-32(20-34)54(73)79-8)84-48-28(2)44-42(30(4)67)52(71)64(44)46(48)56(75)81-26-31-16-18-36(19-17-31)65(77)78/h10-21,27-30,37-44,66-67H,22-26H2,1-9H3,(H,59,68)(H,60,69)/t27-,28-,29-,30+,37+,38+,39-,40+,41-,42+,43-,44-/m1/s1. The van der Waals surface area contributed by atoms with E-state index in [1.807, 2.05) is 6.92 Å². The normalized spacial score (nSPS) is 25.9. The van der Waals surface area contributed by atoms with Gasteiger partial charge in [-0.3, -0.25) is 39.0 Å². The number of β-lactam (4-membered cyclic amide) rings is 2. The molecule has 4 saturated heterocycles. The first-order chi connectivity index (χ1) is 39.7. The van der Waals surface area contributed by atoms with Crippen molar-refractivity contribution in [2.75, 3.05) is 37.9 Å². The molecule has 4 N–H and O–H groups in total. The number of anilines is 2. The molecule has 3 aromatic rings. The summed E-state index contributed by atoms with van der Waals surface area (Å²) >= 11 is 2.35. The highest BCUT2D eigenvalue weighted by atomic mass is 32.2. The second kappa shape index (κ2) is 24.0. The number of aliphatic hydroxyl groups is 2. The van der Waals surface area contributed by atoms with Crippen molar-refractivity contribution in [3.63, 3.8) is 0 Å². The van der Waals surface area contributed by atoms with E-state index in [0.29, 0.717) is 15.4 Å². The Morgan fingerprint density at radius 2 is 1.14 bits per heavy atom. The summed E-state index contributed by atoms with van der Waals surface area (Å²) in [4.78, 5) is 143. The molecule has 24 nitrogen and oxygen atoms in total. The van der Waals surface area contributed by atoms with Gasteiger partial charge in [0.2, 0.25) is 23.6 Å². The number of nitrogens with zero attached hydrogens (tertiary/aromatic N) is 5. The Hall–Kier alpha value is -7.81. The third-order valence-corrected chi connectivity index (χ3v) is 18.8. The summed E-state index contributed by atoms with van der Waals surface area (Å²) in [6.07, 6.45) is -3.03. The average Bonchev–Trinajstić information content (AvgIpc) is 1.69. The minimum Gasteiger partial charge on any atom is -0.465 e. The molecule has 0 aromatic heterocycles. The fourth-order valence-electron chi connectivity index (χ4n) is 11.9. The number of methoxy groups -OCH3 is 2. The van der Waals surface area contributed by atoms with Crippen molar-refractivity contribution in [2.45, 2.75) is 120 Å². The summed E-state index contributed by atoms with van der Waals surface area (Å²) < 4.78 is 21.3. The van der Waals surface area contributed by atoms with Gasteiger partial charge in [0.1, 0.15) is 35.7 Å². The maximum absolute atomic E-state index is 15.9.